The first kappa shape index (κ1) is 16.0. The number of aromatic hydroxyl groups is 2. The lowest BCUT2D eigenvalue weighted by Gasteiger charge is -2.08. The monoisotopic (exact) mass is 319 g/mol. The standard InChI is InChI=1S/C14H13N3O6/c1-22-13-6-10(11(17(20)21)7-14(13)23-2)16-15-9-4-3-8(18)5-12(9)19/h3-7,18-19H,1-2H3. The summed E-state index contributed by atoms with van der Waals surface area (Å²) in [4.78, 5) is 10.5. The summed E-state index contributed by atoms with van der Waals surface area (Å²) in [7, 11) is 2.74. The summed E-state index contributed by atoms with van der Waals surface area (Å²) in [5, 5.41) is 37.5. The zero-order valence-corrected chi connectivity index (χ0v) is 12.3. The lowest BCUT2D eigenvalue weighted by Crippen LogP contribution is -1.94. The number of hydrogen-bond acceptors (Lipinski definition) is 8. The van der Waals surface area contributed by atoms with E-state index >= 15 is 0 Å². The van der Waals surface area contributed by atoms with E-state index in [1.165, 1.54) is 38.5 Å². The van der Waals surface area contributed by atoms with Crippen LogP contribution in [0.5, 0.6) is 23.0 Å². The van der Waals surface area contributed by atoms with Gasteiger partial charge < -0.3 is 19.7 Å². The van der Waals surface area contributed by atoms with E-state index in [0.717, 1.165) is 6.07 Å². The van der Waals surface area contributed by atoms with Gasteiger partial charge in [0, 0.05) is 12.1 Å². The van der Waals surface area contributed by atoms with E-state index in [4.69, 9.17) is 9.47 Å². The van der Waals surface area contributed by atoms with Gasteiger partial charge in [-0.25, -0.2) is 0 Å². The van der Waals surface area contributed by atoms with Crippen molar-refractivity contribution in [1.82, 2.24) is 0 Å². The van der Waals surface area contributed by atoms with E-state index in [9.17, 15) is 20.3 Å². The van der Waals surface area contributed by atoms with E-state index in [2.05, 4.69) is 10.2 Å². The maximum absolute atomic E-state index is 11.1. The van der Waals surface area contributed by atoms with Crippen molar-refractivity contribution in [3.8, 4) is 23.0 Å². The second-order valence-corrected chi connectivity index (χ2v) is 4.33. The molecule has 0 aliphatic rings. The molecule has 0 heterocycles. The third-order valence-corrected chi connectivity index (χ3v) is 2.90. The molecular weight excluding hydrogens is 306 g/mol. The molecule has 0 unspecified atom stereocenters. The van der Waals surface area contributed by atoms with Crippen molar-refractivity contribution in [2.45, 2.75) is 0 Å². The van der Waals surface area contributed by atoms with Gasteiger partial charge in [-0.05, 0) is 12.1 Å². The number of phenols is 2. The van der Waals surface area contributed by atoms with Crippen LogP contribution in [0.4, 0.5) is 17.1 Å². The van der Waals surface area contributed by atoms with Crippen LogP contribution >= 0.6 is 0 Å². The van der Waals surface area contributed by atoms with Gasteiger partial charge in [-0.2, -0.15) is 0 Å². The van der Waals surface area contributed by atoms with Crippen LogP contribution in [0.1, 0.15) is 0 Å². The van der Waals surface area contributed by atoms with E-state index < -0.39 is 4.92 Å². The average Bonchev–Trinajstić information content (AvgIpc) is 2.53. The first-order valence-electron chi connectivity index (χ1n) is 6.30. The summed E-state index contributed by atoms with van der Waals surface area (Å²) in [6.07, 6.45) is 0. The predicted octanol–water partition coefficient (Wildman–Crippen LogP) is 3.44. The number of phenolic OH excluding ortho intramolecular Hbond substituents is 2. The molecule has 0 aromatic heterocycles. The number of nitro groups is 1. The SMILES string of the molecule is COc1cc(N=Nc2ccc(O)cc2O)c([N+](=O)[O-])cc1OC. The van der Waals surface area contributed by atoms with Gasteiger partial charge >= 0.3 is 5.69 Å². The van der Waals surface area contributed by atoms with Gasteiger partial charge in [-0.15, -0.1) is 10.2 Å². The minimum atomic E-state index is -0.632. The Morgan fingerprint density at radius 3 is 2.17 bits per heavy atom. The molecule has 9 heteroatoms. The van der Waals surface area contributed by atoms with Crippen LogP contribution in [0.25, 0.3) is 0 Å². The number of rotatable bonds is 5. The number of hydrogen-bond donors (Lipinski definition) is 2. The van der Waals surface area contributed by atoms with Crippen molar-refractivity contribution in [2.75, 3.05) is 14.2 Å². The predicted molar refractivity (Wildman–Crippen MR) is 80.1 cm³/mol. The minimum absolute atomic E-state index is 0.0480. The molecule has 0 aliphatic carbocycles. The van der Waals surface area contributed by atoms with Crippen molar-refractivity contribution in [2.24, 2.45) is 10.2 Å². The number of methoxy groups -OCH3 is 2. The second-order valence-electron chi connectivity index (χ2n) is 4.33. The minimum Gasteiger partial charge on any atom is -0.508 e. The van der Waals surface area contributed by atoms with Gasteiger partial charge in [0.05, 0.1) is 25.2 Å². The topological polar surface area (TPSA) is 127 Å². The van der Waals surface area contributed by atoms with Crippen molar-refractivity contribution < 1.29 is 24.6 Å². The molecule has 0 saturated heterocycles. The first-order chi connectivity index (χ1) is 11.0. The first-order valence-corrected chi connectivity index (χ1v) is 6.30. The van der Waals surface area contributed by atoms with E-state index in [1.54, 1.807) is 0 Å². The Morgan fingerprint density at radius 2 is 1.61 bits per heavy atom. The van der Waals surface area contributed by atoms with Crippen LogP contribution in [0.3, 0.4) is 0 Å². The highest BCUT2D eigenvalue weighted by atomic mass is 16.6. The molecule has 0 fully saturated rings. The lowest BCUT2D eigenvalue weighted by molar-refractivity contribution is -0.384. The average molecular weight is 319 g/mol. The largest absolute Gasteiger partial charge is 0.508 e. The molecule has 9 nitrogen and oxygen atoms in total. The Labute approximate surface area is 130 Å². The summed E-state index contributed by atoms with van der Waals surface area (Å²) >= 11 is 0. The lowest BCUT2D eigenvalue weighted by atomic mass is 10.2. The Balaban J connectivity index is 2.49. The highest BCUT2D eigenvalue weighted by Gasteiger charge is 2.19. The Hall–Kier alpha value is -3.36. The van der Waals surface area contributed by atoms with Gasteiger partial charge in [-0.3, -0.25) is 10.1 Å². The Kier molecular flexibility index (Phi) is 4.60. The summed E-state index contributed by atoms with van der Waals surface area (Å²) in [6.45, 7) is 0. The highest BCUT2D eigenvalue weighted by Crippen LogP contribution is 2.40. The molecule has 2 rings (SSSR count). The third kappa shape index (κ3) is 3.46. The quantitative estimate of drug-likeness (QED) is 0.493. The molecule has 0 atom stereocenters. The fraction of sp³-hybridized carbons (Fsp3) is 0.143. The maximum atomic E-state index is 11.1. The molecule has 0 spiro atoms. The molecular formula is C14H13N3O6. The van der Waals surface area contributed by atoms with Gasteiger partial charge in [0.15, 0.2) is 17.2 Å². The maximum Gasteiger partial charge on any atom is 0.300 e. The van der Waals surface area contributed by atoms with Crippen LogP contribution in [0.15, 0.2) is 40.6 Å². The van der Waals surface area contributed by atoms with Crippen molar-refractivity contribution >= 4 is 17.1 Å². The van der Waals surface area contributed by atoms with Gasteiger partial charge in [-0.1, -0.05) is 0 Å². The summed E-state index contributed by atoms with van der Waals surface area (Å²) in [5.74, 6) is -0.0111. The van der Waals surface area contributed by atoms with E-state index in [1.807, 2.05) is 0 Å². The van der Waals surface area contributed by atoms with Crippen molar-refractivity contribution in [3.05, 3.63) is 40.4 Å². The van der Waals surface area contributed by atoms with E-state index in [0.29, 0.717) is 0 Å². The highest BCUT2D eigenvalue weighted by molar-refractivity contribution is 5.65. The molecule has 0 bridgehead atoms. The smallest absolute Gasteiger partial charge is 0.300 e. The molecule has 0 aliphatic heterocycles. The normalized spacial score (nSPS) is 10.7. The van der Waals surface area contributed by atoms with Crippen LogP contribution < -0.4 is 9.47 Å². The van der Waals surface area contributed by atoms with Gasteiger partial charge in [0.25, 0.3) is 0 Å². The molecule has 0 radical (unpaired) electrons. The fourth-order valence-electron chi connectivity index (χ4n) is 1.79. The zero-order chi connectivity index (χ0) is 17.0. The molecule has 2 N–H and O–H groups in total. The van der Waals surface area contributed by atoms with Crippen LogP contribution in [-0.4, -0.2) is 29.4 Å². The van der Waals surface area contributed by atoms with Crippen molar-refractivity contribution in [1.29, 1.82) is 0 Å². The second kappa shape index (κ2) is 6.60. The molecule has 0 amide bonds. The molecule has 120 valence electrons. The molecule has 2 aromatic carbocycles. The fourth-order valence-corrected chi connectivity index (χ4v) is 1.79. The number of nitrogens with zero attached hydrogens (tertiary/aromatic N) is 3. The Bertz CT molecular complexity index is 775. The molecule has 23 heavy (non-hydrogen) atoms. The van der Waals surface area contributed by atoms with Gasteiger partial charge in [0.1, 0.15) is 17.2 Å². The van der Waals surface area contributed by atoms with Crippen LogP contribution in [-0.2, 0) is 0 Å². The van der Waals surface area contributed by atoms with Crippen LogP contribution in [0, 0.1) is 10.1 Å². The summed E-state index contributed by atoms with van der Waals surface area (Å²) in [5.41, 5.74) is -0.350. The number of ether oxygens (including phenoxy) is 2. The molecule has 2 aromatic rings. The van der Waals surface area contributed by atoms with Crippen LogP contribution in [0.2, 0.25) is 0 Å². The number of azo groups is 1. The zero-order valence-electron chi connectivity index (χ0n) is 12.3. The third-order valence-electron chi connectivity index (χ3n) is 2.90. The van der Waals surface area contributed by atoms with Crippen molar-refractivity contribution in [3.63, 3.8) is 0 Å². The number of benzene rings is 2. The Morgan fingerprint density at radius 1 is 1.00 bits per heavy atom. The molecule has 0 saturated carbocycles. The summed E-state index contributed by atoms with van der Waals surface area (Å²) < 4.78 is 10.1. The number of nitro benzene ring substituents is 1. The summed E-state index contributed by atoms with van der Waals surface area (Å²) in [6, 6.07) is 6.18. The van der Waals surface area contributed by atoms with E-state index in [-0.39, 0.29) is 40.1 Å². The van der Waals surface area contributed by atoms with Gasteiger partial charge in [0.2, 0.25) is 0 Å².